The van der Waals surface area contributed by atoms with Crippen molar-refractivity contribution in [3.8, 4) is 5.75 Å². The highest BCUT2D eigenvalue weighted by atomic mass is 16.7. The number of hydroxylamine groups is 1. The van der Waals surface area contributed by atoms with E-state index in [1.807, 2.05) is 52.0 Å². The van der Waals surface area contributed by atoms with Crippen LogP contribution in [0.4, 0.5) is 0 Å². The van der Waals surface area contributed by atoms with Crippen LogP contribution in [0.3, 0.4) is 0 Å². The lowest BCUT2D eigenvalue weighted by Gasteiger charge is -2.19. The van der Waals surface area contributed by atoms with Crippen LogP contribution in [0.25, 0.3) is 0 Å². The van der Waals surface area contributed by atoms with Crippen LogP contribution in [-0.4, -0.2) is 12.2 Å². The van der Waals surface area contributed by atoms with Crippen molar-refractivity contribution >= 4 is 0 Å². The maximum Gasteiger partial charge on any atom is 0.119 e. The largest absolute Gasteiger partial charge is 0.494 e. The zero-order valence-electron chi connectivity index (χ0n) is 10.5. The van der Waals surface area contributed by atoms with Gasteiger partial charge in [0.15, 0.2) is 0 Å². The molecule has 0 atom stereocenters. The molecule has 0 heterocycles. The summed E-state index contributed by atoms with van der Waals surface area (Å²) < 4.78 is 5.43. The molecule has 0 aliphatic carbocycles. The van der Waals surface area contributed by atoms with Crippen LogP contribution in [-0.2, 0) is 11.4 Å². The van der Waals surface area contributed by atoms with E-state index in [0.29, 0.717) is 13.2 Å². The van der Waals surface area contributed by atoms with Gasteiger partial charge in [-0.3, -0.25) is 4.84 Å². The van der Waals surface area contributed by atoms with E-state index >= 15 is 0 Å². The summed E-state index contributed by atoms with van der Waals surface area (Å²) in [6.45, 7) is 9.38. The molecule has 0 spiro atoms. The molecule has 0 radical (unpaired) electrons. The second kappa shape index (κ2) is 5.87. The fraction of sp³-hybridized carbons (Fsp3) is 0.538. The molecule has 0 amide bonds. The second-order valence-corrected chi connectivity index (χ2v) is 4.62. The molecule has 0 aliphatic heterocycles. The zero-order valence-corrected chi connectivity index (χ0v) is 10.5. The van der Waals surface area contributed by atoms with Gasteiger partial charge in [-0.1, -0.05) is 12.1 Å². The van der Waals surface area contributed by atoms with Crippen LogP contribution in [0.1, 0.15) is 33.3 Å². The van der Waals surface area contributed by atoms with E-state index in [0.717, 1.165) is 11.3 Å². The molecule has 0 aromatic heterocycles. The Hall–Kier alpha value is -1.06. The van der Waals surface area contributed by atoms with Crippen molar-refractivity contribution in [1.82, 2.24) is 5.48 Å². The van der Waals surface area contributed by atoms with Gasteiger partial charge in [-0.15, -0.1) is 0 Å². The van der Waals surface area contributed by atoms with Crippen molar-refractivity contribution in [1.29, 1.82) is 0 Å². The molecule has 0 bridgehead atoms. The summed E-state index contributed by atoms with van der Waals surface area (Å²) in [5.41, 5.74) is 3.93. The smallest absolute Gasteiger partial charge is 0.119 e. The molecule has 0 aliphatic rings. The minimum absolute atomic E-state index is 0.169. The molecule has 1 aromatic carbocycles. The van der Waals surface area contributed by atoms with E-state index in [2.05, 4.69) is 5.48 Å². The summed E-state index contributed by atoms with van der Waals surface area (Å²) in [6.07, 6.45) is 0. The minimum Gasteiger partial charge on any atom is -0.494 e. The second-order valence-electron chi connectivity index (χ2n) is 4.62. The van der Waals surface area contributed by atoms with E-state index in [4.69, 9.17) is 9.57 Å². The first-order valence-electron chi connectivity index (χ1n) is 5.64. The standard InChI is InChI=1S/C13H21NO2/c1-5-15-12-8-6-7-11(9-12)10-14-16-13(2,3)4/h6-9,14H,5,10H2,1-4H3. The average Bonchev–Trinajstić information content (AvgIpc) is 2.17. The molecule has 0 fully saturated rings. The summed E-state index contributed by atoms with van der Waals surface area (Å²) in [7, 11) is 0. The first-order chi connectivity index (χ1) is 7.51. The van der Waals surface area contributed by atoms with E-state index in [1.54, 1.807) is 0 Å². The van der Waals surface area contributed by atoms with Crippen LogP contribution in [0, 0.1) is 0 Å². The lowest BCUT2D eigenvalue weighted by molar-refractivity contribution is -0.0757. The van der Waals surface area contributed by atoms with Gasteiger partial charge in [0.05, 0.1) is 12.2 Å². The van der Waals surface area contributed by atoms with Crippen molar-refractivity contribution < 1.29 is 9.57 Å². The van der Waals surface area contributed by atoms with E-state index in [9.17, 15) is 0 Å². The van der Waals surface area contributed by atoms with Gasteiger partial charge in [-0.2, -0.15) is 5.48 Å². The lowest BCUT2D eigenvalue weighted by Crippen LogP contribution is -2.28. The summed E-state index contributed by atoms with van der Waals surface area (Å²) in [6, 6.07) is 8.00. The number of hydrogen-bond donors (Lipinski definition) is 1. The van der Waals surface area contributed by atoms with Crippen molar-refractivity contribution in [2.45, 2.75) is 39.8 Å². The van der Waals surface area contributed by atoms with Crippen LogP contribution in [0.15, 0.2) is 24.3 Å². The first-order valence-corrected chi connectivity index (χ1v) is 5.64. The molecular formula is C13H21NO2. The zero-order chi connectivity index (χ0) is 12.0. The topological polar surface area (TPSA) is 30.5 Å². The van der Waals surface area contributed by atoms with Crippen LogP contribution in [0.5, 0.6) is 5.75 Å². The molecular weight excluding hydrogens is 202 g/mol. The molecule has 16 heavy (non-hydrogen) atoms. The van der Waals surface area contributed by atoms with Crippen molar-refractivity contribution in [2.24, 2.45) is 0 Å². The van der Waals surface area contributed by atoms with Crippen LogP contribution >= 0.6 is 0 Å². The minimum atomic E-state index is -0.169. The van der Waals surface area contributed by atoms with Gasteiger partial charge in [0.25, 0.3) is 0 Å². The number of rotatable bonds is 5. The molecule has 1 N–H and O–H groups in total. The Morgan fingerprint density at radius 3 is 2.62 bits per heavy atom. The Balaban J connectivity index is 2.44. The number of hydrogen-bond acceptors (Lipinski definition) is 3. The van der Waals surface area contributed by atoms with Gasteiger partial charge in [-0.25, -0.2) is 0 Å². The predicted molar refractivity (Wildman–Crippen MR) is 65.3 cm³/mol. The SMILES string of the molecule is CCOc1cccc(CNOC(C)(C)C)c1. The maximum absolute atomic E-state index is 5.44. The Morgan fingerprint density at radius 2 is 2.00 bits per heavy atom. The highest BCUT2D eigenvalue weighted by Crippen LogP contribution is 2.13. The van der Waals surface area contributed by atoms with Gasteiger partial charge in [-0.05, 0) is 45.4 Å². The van der Waals surface area contributed by atoms with Gasteiger partial charge in [0.2, 0.25) is 0 Å². The van der Waals surface area contributed by atoms with Gasteiger partial charge in [0.1, 0.15) is 5.75 Å². The van der Waals surface area contributed by atoms with Gasteiger partial charge >= 0.3 is 0 Å². The van der Waals surface area contributed by atoms with Gasteiger partial charge in [0, 0.05) is 6.54 Å². The highest BCUT2D eigenvalue weighted by molar-refractivity contribution is 5.28. The Labute approximate surface area is 97.7 Å². The summed E-state index contributed by atoms with van der Waals surface area (Å²) in [5.74, 6) is 0.901. The summed E-state index contributed by atoms with van der Waals surface area (Å²) >= 11 is 0. The van der Waals surface area contributed by atoms with Crippen LogP contribution < -0.4 is 10.2 Å². The molecule has 1 aromatic rings. The van der Waals surface area contributed by atoms with Gasteiger partial charge < -0.3 is 4.74 Å². The van der Waals surface area contributed by atoms with E-state index in [1.165, 1.54) is 0 Å². The van der Waals surface area contributed by atoms with Crippen LogP contribution in [0.2, 0.25) is 0 Å². The molecule has 3 heteroatoms. The average molecular weight is 223 g/mol. The summed E-state index contributed by atoms with van der Waals surface area (Å²) in [5, 5.41) is 0. The number of ether oxygens (including phenoxy) is 1. The Morgan fingerprint density at radius 1 is 1.25 bits per heavy atom. The fourth-order valence-electron chi connectivity index (χ4n) is 1.25. The Bertz CT molecular complexity index is 318. The highest BCUT2D eigenvalue weighted by Gasteiger charge is 2.09. The van der Waals surface area contributed by atoms with Crippen molar-refractivity contribution in [3.63, 3.8) is 0 Å². The third kappa shape index (κ3) is 5.14. The molecule has 0 saturated heterocycles. The van der Waals surface area contributed by atoms with Crippen molar-refractivity contribution in [3.05, 3.63) is 29.8 Å². The van der Waals surface area contributed by atoms with E-state index < -0.39 is 0 Å². The maximum atomic E-state index is 5.44. The lowest BCUT2D eigenvalue weighted by atomic mass is 10.2. The fourth-order valence-corrected chi connectivity index (χ4v) is 1.25. The predicted octanol–water partition coefficient (Wildman–Crippen LogP) is 2.91. The summed E-state index contributed by atoms with van der Waals surface area (Å²) in [4.78, 5) is 5.44. The molecule has 3 nitrogen and oxygen atoms in total. The first kappa shape index (κ1) is 13.0. The third-order valence-electron chi connectivity index (χ3n) is 1.86. The van der Waals surface area contributed by atoms with Crippen molar-refractivity contribution in [2.75, 3.05) is 6.61 Å². The molecule has 0 saturated carbocycles. The number of benzene rings is 1. The quantitative estimate of drug-likeness (QED) is 0.779. The third-order valence-corrected chi connectivity index (χ3v) is 1.86. The monoisotopic (exact) mass is 223 g/mol. The number of nitrogens with one attached hydrogen (secondary N) is 1. The van der Waals surface area contributed by atoms with E-state index in [-0.39, 0.29) is 5.60 Å². The molecule has 90 valence electrons. The Kier molecular flexibility index (Phi) is 4.77. The normalized spacial score (nSPS) is 11.5. The molecule has 1 rings (SSSR count). The molecule has 0 unspecified atom stereocenters.